The summed E-state index contributed by atoms with van der Waals surface area (Å²) in [5, 5.41) is 15.4. The van der Waals surface area contributed by atoms with Crippen molar-refractivity contribution in [3.8, 4) is 5.75 Å². The summed E-state index contributed by atoms with van der Waals surface area (Å²) in [5.74, 6) is -0.285. The molecular weight excluding hydrogens is 196 g/mol. The van der Waals surface area contributed by atoms with Gasteiger partial charge in [-0.25, -0.2) is 4.79 Å². The van der Waals surface area contributed by atoms with Gasteiger partial charge in [-0.1, -0.05) is 18.2 Å². The van der Waals surface area contributed by atoms with Crippen LogP contribution in [0.3, 0.4) is 0 Å². The van der Waals surface area contributed by atoms with E-state index in [0.717, 1.165) is 18.2 Å². The molecule has 0 aliphatic carbocycles. The van der Waals surface area contributed by atoms with Gasteiger partial charge in [-0.2, -0.15) is 0 Å². The minimum absolute atomic E-state index is 0.286. The van der Waals surface area contributed by atoms with Gasteiger partial charge in [0.2, 0.25) is 0 Å². The molecular formula is C11H16O4. The maximum absolute atomic E-state index is 10.3. The number of carbonyl (C=O) groups is 1. The van der Waals surface area contributed by atoms with Crippen LogP contribution in [0.2, 0.25) is 0 Å². The molecule has 0 amide bonds. The van der Waals surface area contributed by atoms with Gasteiger partial charge in [-0.05, 0) is 25.0 Å². The fourth-order valence-electron chi connectivity index (χ4n) is 1.16. The topological polar surface area (TPSA) is 66.8 Å². The summed E-state index contributed by atoms with van der Waals surface area (Å²) in [4.78, 5) is 10.3. The molecule has 1 aromatic rings. The highest BCUT2D eigenvalue weighted by Crippen LogP contribution is 2.21. The first kappa shape index (κ1) is 13.4. The van der Waals surface area contributed by atoms with Gasteiger partial charge in [0.25, 0.3) is 0 Å². The number of para-hydroxylation sites is 1. The van der Waals surface area contributed by atoms with Gasteiger partial charge < -0.3 is 14.9 Å². The maximum atomic E-state index is 10.3. The van der Waals surface area contributed by atoms with Gasteiger partial charge in [-0.15, -0.1) is 0 Å². The van der Waals surface area contributed by atoms with Gasteiger partial charge in [0.15, 0.2) is 6.61 Å². The van der Waals surface area contributed by atoms with Gasteiger partial charge in [0, 0.05) is 7.11 Å². The van der Waals surface area contributed by atoms with E-state index in [2.05, 4.69) is 0 Å². The highest BCUT2D eigenvalue weighted by molar-refractivity contribution is 5.68. The normalized spacial score (nSPS) is 8.80. The van der Waals surface area contributed by atoms with Crippen molar-refractivity contribution < 1.29 is 19.7 Å². The molecule has 0 unspecified atom stereocenters. The molecule has 2 N–H and O–H groups in total. The van der Waals surface area contributed by atoms with Crippen molar-refractivity contribution in [2.24, 2.45) is 0 Å². The molecule has 0 saturated carbocycles. The Bertz CT molecular complexity index is 300. The lowest BCUT2D eigenvalue weighted by molar-refractivity contribution is -0.139. The average Bonchev–Trinajstić information content (AvgIpc) is 2.20. The predicted octanol–water partition coefficient (Wildman–Crippen LogP) is 1.38. The molecule has 0 atom stereocenters. The maximum Gasteiger partial charge on any atom is 0.341 e. The second-order valence-corrected chi connectivity index (χ2v) is 2.90. The number of carboxylic acids is 1. The van der Waals surface area contributed by atoms with E-state index in [-0.39, 0.29) is 6.61 Å². The Morgan fingerprint density at radius 2 is 1.73 bits per heavy atom. The molecule has 0 heterocycles. The molecule has 1 aromatic carbocycles. The quantitative estimate of drug-likeness (QED) is 0.794. The van der Waals surface area contributed by atoms with Crippen LogP contribution in [0.25, 0.3) is 0 Å². The number of carboxylic acid groups (broad SMARTS) is 1. The predicted molar refractivity (Wildman–Crippen MR) is 57.2 cm³/mol. The van der Waals surface area contributed by atoms with E-state index < -0.39 is 5.97 Å². The number of aryl methyl sites for hydroxylation is 2. The Morgan fingerprint density at radius 3 is 2.13 bits per heavy atom. The third-order valence-electron chi connectivity index (χ3n) is 1.75. The highest BCUT2D eigenvalue weighted by atomic mass is 16.5. The monoisotopic (exact) mass is 212 g/mol. The molecule has 0 spiro atoms. The lowest BCUT2D eigenvalue weighted by atomic mass is 10.1. The standard InChI is InChI=1S/C10H12O3.CH4O/c1-7-4-3-5-8(2)10(7)13-6-9(11)12;1-2/h3-5H,6H2,1-2H3,(H,11,12);2H,1H3. The van der Waals surface area contributed by atoms with Crippen LogP contribution < -0.4 is 4.74 Å². The first-order valence-electron chi connectivity index (χ1n) is 4.47. The van der Waals surface area contributed by atoms with Crippen molar-refractivity contribution in [2.75, 3.05) is 13.7 Å². The Kier molecular flexibility index (Phi) is 6.13. The third kappa shape index (κ3) is 4.46. The van der Waals surface area contributed by atoms with Crippen LogP contribution in [0.15, 0.2) is 18.2 Å². The van der Waals surface area contributed by atoms with Crippen LogP contribution in [-0.2, 0) is 4.79 Å². The molecule has 4 heteroatoms. The van der Waals surface area contributed by atoms with E-state index in [4.69, 9.17) is 14.9 Å². The molecule has 1 rings (SSSR count). The van der Waals surface area contributed by atoms with Crippen LogP contribution in [0.4, 0.5) is 0 Å². The molecule has 0 saturated heterocycles. The molecule has 0 aliphatic rings. The molecule has 0 bridgehead atoms. The summed E-state index contributed by atoms with van der Waals surface area (Å²) >= 11 is 0. The van der Waals surface area contributed by atoms with Crippen molar-refractivity contribution in [1.82, 2.24) is 0 Å². The fraction of sp³-hybridized carbons (Fsp3) is 0.364. The van der Waals surface area contributed by atoms with Crippen LogP contribution in [0.1, 0.15) is 11.1 Å². The Hall–Kier alpha value is -1.55. The van der Waals surface area contributed by atoms with E-state index in [1.807, 2.05) is 32.0 Å². The first-order valence-corrected chi connectivity index (χ1v) is 4.47. The molecule has 0 aromatic heterocycles. The SMILES string of the molecule is CO.Cc1cccc(C)c1OCC(=O)O. The number of aliphatic hydroxyl groups excluding tert-OH is 1. The molecule has 84 valence electrons. The Labute approximate surface area is 89.1 Å². The zero-order valence-electron chi connectivity index (χ0n) is 9.15. The number of hydrogen-bond donors (Lipinski definition) is 2. The van der Waals surface area contributed by atoms with E-state index in [1.54, 1.807) is 0 Å². The minimum Gasteiger partial charge on any atom is -0.481 e. The summed E-state index contributed by atoms with van der Waals surface area (Å²) in [6.07, 6.45) is 0. The van der Waals surface area contributed by atoms with Gasteiger partial charge >= 0.3 is 5.97 Å². The number of benzene rings is 1. The van der Waals surface area contributed by atoms with Crippen molar-refractivity contribution in [3.63, 3.8) is 0 Å². The smallest absolute Gasteiger partial charge is 0.341 e. The molecule has 0 fully saturated rings. The summed E-state index contributed by atoms with van der Waals surface area (Å²) < 4.78 is 5.13. The number of aliphatic carboxylic acids is 1. The van der Waals surface area contributed by atoms with Crippen LogP contribution >= 0.6 is 0 Å². The fourth-order valence-corrected chi connectivity index (χ4v) is 1.16. The summed E-state index contributed by atoms with van der Waals surface area (Å²) in [6.45, 7) is 3.50. The molecule has 0 radical (unpaired) electrons. The largest absolute Gasteiger partial charge is 0.481 e. The van der Waals surface area contributed by atoms with E-state index in [1.165, 1.54) is 0 Å². The van der Waals surface area contributed by atoms with Crippen LogP contribution in [0, 0.1) is 13.8 Å². The zero-order valence-corrected chi connectivity index (χ0v) is 9.15. The van der Waals surface area contributed by atoms with Crippen molar-refractivity contribution in [3.05, 3.63) is 29.3 Å². The minimum atomic E-state index is -0.956. The van der Waals surface area contributed by atoms with Gasteiger partial charge in [0.05, 0.1) is 0 Å². The molecule has 15 heavy (non-hydrogen) atoms. The highest BCUT2D eigenvalue weighted by Gasteiger charge is 2.04. The lowest BCUT2D eigenvalue weighted by Gasteiger charge is -2.09. The molecule has 4 nitrogen and oxygen atoms in total. The lowest BCUT2D eigenvalue weighted by Crippen LogP contribution is -2.10. The number of hydrogen-bond acceptors (Lipinski definition) is 3. The van der Waals surface area contributed by atoms with Gasteiger partial charge in [-0.3, -0.25) is 0 Å². The van der Waals surface area contributed by atoms with Gasteiger partial charge in [0.1, 0.15) is 5.75 Å². The number of ether oxygens (including phenoxy) is 1. The second kappa shape index (κ2) is 6.84. The van der Waals surface area contributed by atoms with Crippen molar-refractivity contribution in [2.45, 2.75) is 13.8 Å². The molecule has 0 aliphatic heterocycles. The third-order valence-corrected chi connectivity index (χ3v) is 1.75. The average molecular weight is 212 g/mol. The van der Waals surface area contributed by atoms with Crippen LogP contribution in [0.5, 0.6) is 5.75 Å². The van der Waals surface area contributed by atoms with E-state index in [0.29, 0.717) is 5.75 Å². The summed E-state index contributed by atoms with van der Waals surface area (Å²) in [5.41, 5.74) is 1.92. The number of rotatable bonds is 3. The number of aliphatic hydroxyl groups is 1. The van der Waals surface area contributed by atoms with E-state index in [9.17, 15) is 4.79 Å². The summed E-state index contributed by atoms with van der Waals surface area (Å²) in [7, 11) is 1.00. The zero-order chi connectivity index (χ0) is 11.8. The second-order valence-electron chi connectivity index (χ2n) is 2.90. The van der Waals surface area contributed by atoms with Crippen molar-refractivity contribution in [1.29, 1.82) is 0 Å². The Morgan fingerprint density at radius 1 is 1.27 bits per heavy atom. The van der Waals surface area contributed by atoms with Crippen LogP contribution in [-0.4, -0.2) is 29.9 Å². The van der Waals surface area contributed by atoms with E-state index >= 15 is 0 Å². The first-order chi connectivity index (χ1) is 7.11. The summed E-state index contributed by atoms with van der Waals surface area (Å²) in [6, 6.07) is 5.70. The Balaban J connectivity index is 0.000000921. The van der Waals surface area contributed by atoms with Crippen molar-refractivity contribution >= 4 is 5.97 Å².